The summed E-state index contributed by atoms with van der Waals surface area (Å²) in [6, 6.07) is 0.179. The number of likely N-dealkylation sites (tertiary alicyclic amines) is 1. The van der Waals surface area contributed by atoms with Gasteiger partial charge >= 0.3 is 0 Å². The molecule has 19 heavy (non-hydrogen) atoms. The van der Waals surface area contributed by atoms with Crippen LogP contribution >= 0.6 is 11.3 Å². The molecule has 5 nitrogen and oxygen atoms in total. The van der Waals surface area contributed by atoms with E-state index in [1.165, 1.54) is 18.3 Å². The molecular formula is C13H21N3O2S. The van der Waals surface area contributed by atoms with Crippen molar-refractivity contribution in [3.63, 3.8) is 0 Å². The highest BCUT2D eigenvalue weighted by molar-refractivity contribution is 7.13. The first-order valence-electron chi connectivity index (χ1n) is 6.54. The van der Waals surface area contributed by atoms with Crippen LogP contribution in [0.15, 0.2) is 5.38 Å². The Morgan fingerprint density at radius 3 is 3.05 bits per heavy atom. The standard InChI is InChI=1S/C13H21N3O2S/c1-9(17)14-12-15-10(8-19-12)7-16-6-4-5-11(16)13(2,3)18/h8,11,18H,4-7H2,1-3H3,(H,14,15,17). The monoisotopic (exact) mass is 283 g/mol. The molecule has 1 amide bonds. The van der Waals surface area contributed by atoms with Crippen LogP contribution in [0.4, 0.5) is 5.13 Å². The predicted molar refractivity (Wildman–Crippen MR) is 76.1 cm³/mol. The molecule has 6 heteroatoms. The summed E-state index contributed by atoms with van der Waals surface area (Å²) >= 11 is 1.44. The number of nitrogens with zero attached hydrogens (tertiary/aromatic N) is 2. The van der Waals surface area contributed by atoms with Crippen molar-refractivity contribution in [3.05, 3.63) is 11.1 Å². The minimum atomic E-state index is -0.688. The fraction of sp³-hybridized carbons (Fsp3) is 0.692. The van der Waals surface area contributed by atoms with E-state index in [0.29, 0.717) is 5.13 Å². The Labute approximate surface area is 117 Å². The maximum atomic E-state index is 11.0. The smallest absolute Gasteiger partial charge is 0.223 e. The molecule has 1 aliphatic rings. The second-order valence-corrected chi connectivity index (χ2v) is 6.47. The number of aliphatic hydroxyl groups is 1. The van der Waals surface area contributed by atoms with Crippen LogP contribution < -0.4 is 5.32 Å². The van der Waals surface area contributed by atoms with Crippen LogP contribution in [0.5, 0.6) is 0 Å². The number of aromatic nitrogens is 1. The van der Waals surface area contributed by atoms with E-state index in [9.17, 15) is 9.90 Å². The highest BCUT2D eigenvalue weighted by Crippen LogP contribution is 2.28. The van der Waals surface area contributed by atoms with Crippen molar-refractivity contribution in [1.82, 2.24) is 9.88 Å². The van der Waals surface area contributed by atoms with Gasteiger partial charge in [0.15, 0.2) is 5.13 Å². The Morgan fingerprint density at radius 1 is 1.68 bits per heavy atom. The summed E-state index contributed by atoms with van der Waals surface area (Å²) in [5.41, 5.74) is 0.261. The van der Waals surface area contributed by atoms with Crippen LogP contribution in [0.2, 0.25) is 0 Å². The molecule has 2 rings (SSSR count). The number of rotatable bonds is 4. The van der Waals surface area contributed by atoms with Crippen molar-refractivity contribution in [2.24, 2.45) is 0 Å². The third-order valence-electron chi connectivity index (χ3n) is 3.38. The molecule has 1 atom stereocenters. The summed E-state index contributed by atoms with van der Waals surface area (Å²) in [6.45, 7) is 6.91. The first-order valence-corrected chi connectivity index (χ1v) is 7.42. The van der Waals surface area contributed by atoms with Gasteiger partial charge in [0.25, 0.3) is 0 Å². The van der Waals surface area contributed by atoms with E-state index in [2.05, 4.69) is 15.2 Å². The number of carbonyl (C=O) groups excluding carboxylic acids is 1. The maximum Gasteiger partial charge on any atom is 0.223 e. The van der Waals surface area contributed by atoms with Gasteiger partial charge in [-0.1, -0.05) is 0 Å². The molecule has 0 spiro atoms. The van der Waals surface area contributed by atoms with Crippen molar-refractivity contribution in [2.75, 3.05) is 11.9 Å². The van der Waals surface area contributed by atoms with E-state index >= 15 is 0 Å². The summed E-state index contributed by atoms with van der Waals surface area (Å²) in [6.07, 6.45) is 2.13. The van der Waals surface area contributed by atoms with Gasteiger partial charge in [-0.3, -0.25) is 9.69 Å². The van der Waals surface area contributed by atoms with Gasteiger partial charge in [0, 0.05) is 24.9 Å². The largest absolute Gasteiger partial charge is 0.389 e. The Bertz CT molecular complexity index is 453. The molecule has 0 aliphatic carbocycles. The van der Waals surface area contributed by atoms with Crippen LogP contribution in [0, 0.1) is 0 Å². The Hall–Kier alpha value is -0.980. The van der Waals surface area contributed by atoms with Crippen LogP contribution in [0.1, 0.15) is 39.3 Å². The lowest BCUT2D eigenvalue weighted by atomic mass is 9.96. The highest BCUT2D eigenvalue weighted by atomic mass is 32.1. The van der Waals surface area contributed by atoms with Crippen LogP contribution in [-0.2, 0) is 11.3 Å². The number of thiazole rings is 1. The van der Waals surface area contributed by atoms with E-state index in [0.717, 1.165) is 31.6 Å². The zero-order chi connectivity index (χ0) is 14.0. The quantitative estimate of drug-likeness (QED) is 0.885. The van der Waals surface area contributed by atoms with Gasteiger partial charge in [-0.15, -0.1) is 11.3 Å². The predicted octanol–water partition coefficient (Wildman–Crippen LogP) is 1.84. The van der Waals surface area contributed by atoms with E-state index in [1.54, 1.807) is 0 Å². The first kappa shape index (κ1) is 14.4. The zero-order valence-corrected chi connectivity index (χ0v) is 12.5. The number of nitrogens with one attached hydrogen (secondary N) is 1. The lowest BCUT2D eigenvalue weighted by molar-refractivity contribution is -0.114. The van der Waals surface area contributed by atoms with E-state index < -0.39 is 5.60 Å². The summed E-state index contributed by atoms with van der Waals surface area (Å²) in [5.74, 6) is -0.101. The fourth-order valence-corrected chi connectivity index (χ4v) is 3.36. The van der Waals surface area contributed by atoms with Crippen LogP contribution in [0.25, 0.3) is 0 Å². The minimum Gasteiger partial charge on any atom is -0.389 e. The van der Waals surface area contributed by atoms with Gasteiger partial charge < -0.3 is 10.4 Å². The van der Waals surface area contributed by atoms with Crippen molar-refractivity contribution >= 4 is 22.4 Å². The van der Waals surface area contributed by atoms with Crippen molar-refractivity contribution in [1.29, 1.82) is 0 Å². The van der Waals surface area contributed by atoms with Crippen molar-refractivity contribution in [3.8, 4) is 0 Å². The second-order valence-electron chi connectivity index (χ2n) is 5.61. The molecule has 106 valence electrons. The molecule has 2 N–H and O–H groups in total. The summed E-state index contributed by atoms with van der Waals surface area (Å²) in [7, 11) is 0. The summed E-state index contributed by atoms with van der Waals surface area (Å²) in [5, 5.41) is 15.5. The fourth-order valence-electron chi connectivity index (χ4n) is 2.61. The third-order valence-corrected chi connectivity index (χ3v) is 4.19. The summed E-state index contributed by atoms with van der Waals surface area (Å²) in [4.78, 5) is 17.6. The lowest BCUT2D eigenvalue weighted by Crippen LogP contribution is -2.45. The van der Waals surface area contributed by atoms with Crippen molar-refractivity contribution in [2.45, 2.75) is 51.8 Å². The van der Waals surface area contributed by atoms with E-state index in [-0.39, 0.29) is 11.9 Å². The molecule has 0 bridgehead atoms. The molecular weight excluding hydrogens is 262 g/mol. The third kappa shape index (κ3) is 3.75. The molecule has 1 fully saturated rings. The van der Waals surface area contributed by atoms with Crippen LogP contribution in [0.3, 0.4) is 0 Å². The van der Waals surface area contributed by atoms with Gasteiger partial charge in [-0.2, -0.15) is 0 Å². The molecule has 0 aromatic carbocycles. The molecule has 2 heterocycles. The normalized spacial score (nSPS) is 20.7. The minimum absolute atomic E-state index is 0.101. The van der Waals surface area contributed by atoms with Gasteiger partial charge in [0.2, 0.25) is 5.91 Å². The molecule has 1 unspecified atom stereocenters. The maximum absolute atomic E-state index is 11.0. The molecule has 0 saturated carbocycles. The van der Waals surface area contributed by atoms with Gasteiger partial charge in [0.1, 0.15) is 0 Å². The molecule has 1 aromatic heterocycles. The van der Waals surface area contributed by atoms with Gasteiger partial charge in [-0.25, -0.2) is 4.98 Å². The van der Waals surface area contributed by atoms with E-state index in [4.69, 9.17) is 0 Å². The summed E-state index contributed by atoms with van der Waals surface area (Å²) < 4.78 is 0. The SMILES string of the molecule is CC(=O)Nc1nc(CN2CCCC2C(C)(C)O)cs1. The van der Waals surface area contributed by atoms with Crippen LogP contribution in [-0.4, -0.2) is 39.1 Å². The number of anilines is 1. The molecule has 0 radical (unpaired) electrons. The lowest BCUT2D eigenvalue weighted by Gasteiger charge is -2.33. The molecule has 1 saturated heterocycles. The number of carbonyl (C=O) groups is 1. The number of amides is 1. The zero-order valence-electron chi connectivity index (χ0n) is 11.6. The first-order chi connectivity index (χ1) is 8.86. The molecule has 1 aliphatic heterocycles. The van der Waals surface area contributed by atoms with Gasteiger partial charge in [-0.05, 0) is 33.2 Å². The number of hydrogen-bond donors (Lipinski definition) is 2. The second kappa shape index (κ2) is 5.56. The Morgan fingerprint density at radius 2 is 2.42 bits per heavy atom. The molecule has 1 aromatic rings. The Kier molecular flexibility index (Phi) is 4.23. The highest BCUT2D eigenvalue weighted by Gasteiger charge is 2.35. The Balaban J connectivity index is 2.00. The topological polar surface area (TPSA) is 65.5 Å². The average molecular weight is 283 g/mol. The van der Waals surface area contributed by atoms with Gasteiger partial charge in [0.05, 0.1) is 11.3 Å². The van der Waals surface area contributed by atoms with E-state index in [1.807, 2.05) is 19.2 Å². The number of hydrogen-bond acceptors (Lipinski definition) is 5. The van der Waals surface area contributed by atoms with Crippen molar-refractivity contribution < 1.29 is 9.90 Å². The average Bonchev–Trinajstić information content (AvgIpc) is 2.86.